The predicted octanol–water partition coefficient (Wildman–Crippen LogP) is 20.5. The molecule has 0 spiro atoms. The summed E-state index contributed by atoms with van der Waals surface area (Å²) in [6, 6.07) is -0.807. The molecule has 1 heterocycles. The SMILES string of the molecule is CCCCCCCCC/C=C/C(O)C(COC1OC(CO)C(O)C(O)C1O)NC(=O)CCCCCCCCCCCCCCCCCCC/C=C\C/C=C\CCCCCCCCCCCCCOC(=O)CCCCCCCCCCCCCCCCCCC. The van der Waals surface area contributed by atoms with Crippen LogP contribution in [0.15, 0.2) is 36.5 Å². The van der Waals surface area contributed by atoms with E-state index in [2.05, 4.69) is 43.5 Å². The fraction of sp³-hybridized carbons (Fsp3) is 0.897. The Morgan fingerprint density at radius 2 is 0.753 bits per heavy atom. The monoisotopic (exact) mass is 1260 g/mol. The largest absolute Gasteiger partial charge is 0.466 e. The average Bonchev–Trinajstić information content (AvgIpc) is 1.92. The van der Waals surface area contributed by atoms with Gasteiger partial charge in [0.25, 0.3) is 0 Å². The number of allylic oxidation sites excluding steroid dienone is 5. The Labute approximate surface area is 549 Å². The van der Waals surface area contributed by atoms with E-state index < -0.39 is 49.5 Å². The van der Waals surface area contributed by atoms with Crippen molar-refractivity contribution in [2.75, 3.05) is 19.8 Å². The number of aliphatic hydroxyl groups excluding tert-OH is 5. The van der Waals surface area contributed by atoms with Gasteiger partial charge in [-0.1, -0.05) is 346 Å². The van der Waals surface area contributed by atoms with E-state index in [-0.39, 0.29) is 18.5 Å². The lowest BCUT2D eigenvalue weighted by molar-refractivity contribution is -0.302. The molecule has 1 fully saturated rings. The van der Waals surface area contributed by atoms with Crippen molar-refractivity contribution < 1.29 is 49.3 Å². The average molecular weight is 1260 g/mol. The summed E-state index contributed by atoms with van der Waals surface area (Å²) in [5.74, 6) is -0.165. The van der Waals surface area contributed by atoms with Gasteiger partial charge in [-0.3, -0.25) is 9.59 Å². The van der Waals surface area contributed by atoms with E-state index in [0.29, 0.717) is 19.4 Å². The molecular formula is C78H147NO10. The number of carbonyl (C=O) groups is 2. The van der Waals surface area contributed by atoms with Gasteiger partial charge in [0.1, 0.15) is 24.4 Å². The number of hydrogen-bond acceptors (Lipinski definition) is 10. The van der Waals surface area contributed by atoms with E-state index in [1.165, 1.54) is 302 Å². The van der Waals surface area contributed by atoms with Crippen LogP contribution in [0.4, 0.5) is 0 Å². The Bertz CT molecular complexity index is 1570. The van der Waals surface area contributed by atoms with Crippen LogP contribution in [0.3, 0.4) is 0 Å². The number of nitrogens with one attached hydrogen (secondary N) is 1. The summed E-state index contributed by atoms with van der Waals surface area (Å²) in [4.78, 5) is 25.1. The molecule has 0 aromatic heterocycles. The second-order valence-corrected chi connectivity index (χ2v) is 27.1. The quantitative estimate of drug-likeness (QED) is 0.0195. The molecule has 11 nitrogen and oxygen atoms in total. The molecule has 1 rings (SSSR count). The van der Waals surface area contributed by atoms with Gasteiger partial charge in [0.15, 0.2) is 6.29 Å². The second kappa shape index (κ2) is 67.3. The minimum Gasteiger partial charge on any atom is -0.466 e. The highest BCUT2D eigenvalue weighted by molar-refractivity contribution is 5.76. The number of rotatable bonds is 69. The molecule has 1 aliphatic rings. The highest BCUT2D eigenvalue weighted by atomic mass is 16.7. The van der Waals surface area contributed by atoms with E-state index in [1.54, 1.807) is 6.08 Å². The highest BCUT2D eigenvalue weighted by Gasteiger charge is 2.44. The fourth-order valence-electron chi connectivity index (χ4n) is 12.4. The van der Waals surface area contributed by atoms with Crippen molar-refractivity contribution in [1.29, 1.82) is 0 Å². The lowest BCUT2D eigenvalue weighted by Gasteiger charge is -2.40. The van der Waals surface area contributed by atoms with E-state index in [1.807, 2.05) is 6.08 Å². The van der Waals surface area contributed by atoms with Crippen LogP contribution in [-0.4, -0.2) is 100 Å². The molecule has 0 aromatic rings. The van der Waals surface area contributed by atoms with Gasteiger partial charge in [-0.15, -0.1) is 0 Å². The maximum atomic E-state index is 13.0. The molecule has 0 aromatic carbocycles. The van der Waals surface area contributed by atoms with Gasteiger partial charge in [0, 0.05) is 12.8 Å². The van der Waals surface area contributed by atoms with Gasteiger partial charge in [-0.05, 0) is 64.2 Å². The van der Waals surface area contributed by atoms with Crippen molar-refractivity contribution >= 4 is 11.9 Å². The Hall–Kier alpha value is -2.12. The molecule has 11 heteroatoms. The molecule has 0 aliphatic carbocycles. The molecule has 0 radical (unpaired) electrons. The molecule has 89 heavy (non-hydrogen) atoms. The number of amides is 1. The zero-order valence-corrected chi connectivity index (χ0v) is 58.4. The molecular weight excluding hydrogens is 1110 g/mol. The first kappa shape index (κ1) is 84.9. The Balaban J connectivity index is 1.88. The summed E-state index contributed by atoms with van der Waals surface area (Å²) in [6.07, 6.45) is 77.6. The minimum absolute atomic E-state index is 0.0146. The van der Waals surface area contributed by atoms with Crippen LogP contribution >= 0.6 is 0 Å². The summed E-state index contributed by atoms with van der Waals surface area (Å²) in [6.45, 7) is 4.36. The van der Waals surface area contributed by atoms with Gasteiger partial charge in [-0.25, -0.2) is 0 Å². The molecule has 7 unspecified atom stereocenters. The maximum absolute atomic E-state index is 13.0. The van der Waals surface area contributed by atoms with Crippen LogP contribution in [0.1, 0.15) is 386 Å². The summed E-state index contributed by atoms with van der Waals surface area (Å²) in [5, 5.41) is 54.3. The summed E-state index contributed by atoms with van der Waals surface area (Å²) in [5.41, 5.74) is 0. The van der Waals surface area contributed by atoms with Crippen LogP contribution < -0.4 is 5.32 Å². The van der Waals surface area contributed by atoms with Crippen LogP contribution in [0.5, 0.6) is 0 Å². The first-order valence-corrected chi connectivity index (χ1v) is 38.8. The van der Waals surface area contributed by atoms with E-state index >= 15 is 0 Å². The van der Waals surface area contributed by atoms with Crippen molar-refractivity contribution in [3.63, 3.8) is 0 Å². The number of carbonyl (C=O) groups excluding carboxylic acids is 2. The number of hydrogen-bond donors (Lipinski definition) is 6. The zero-order chi connectivity index (χ0) is 64.4. The third-order valence-electron chi connectivity index (χ3n) is 18.5. The predicted molar refractivity (Wildman–Crippen MR) is 375 cm³/mol. The number of aliphatic hydroxyl groups is 5. The normalized spacial score (nSPS) is 17.9. The van der Waals surface area contributed by atoms with Crippen molar-refractivity contribution in [3.05, 3.63) is 36.5 Å². The Morgan fingerprint density at radius 1 is 0.416 bits per heavy atom. The van der Waals surface area contributed by atoms with Gasteiger partial charge >= 0.3 is 5.97 Å². The lowest BCUT2D eigenvalue weighted by atomic mass is 9.99. The molecule has 0 bridgehead atoms. The summed E-state index contributed by atoms with van der Waals surface area (Å²) < 4.78 is 16.7. The third kappa shape index (κ3) is 56.0. The van der Waals surface area contributed by atoms with Crippen LogP contribution in [0.25, 0.3) is 0 Å². The molecule has 1 saturated heterocycles. The number of unbranched alkanes of at least 4 members (excludes halogenated alkanes) is 51. The number of esters is 1. The first-order valence-electron chi connectivity index (χ1n) is 38.8. The maximum Gasteiger partial charge on any atom is 0.305 e. The van der Waals surface area contributed by atoms with E-state index in [4.69, 9.17) is 14.2 Å². The van der Waals surface area contributed by atoms with Crippen LogP contribution in [0, 0.1) is 0 Å². The van der Waals surface area contributed by atoms with Crippen molar-refractivity contribution in [2.45, 2.75) is 429 Å². The van der Waals surface area contributed by atoms with Gasteiger partial charge in [0.05, 0.1) is 32.0 Å². The zero-order valence-electron chi connectivity index (χ0n) is 58.4. The molecule has 6 N–H and O–H groups in total. The van der Waals surface area contributed by atoms with Gasteiger partial charge in [0.2, 0.25) is 5.91 Å². The van der Waals surface area contributed by atoms with E-state index in [0.717, 1.165) is 57.8 Å². The van der Waals surface area contributed by atoms with Crippen molar-refractivity contribution in [3.8, 4) is 0 Å². The first-order chi connectivity index (χ1) is 43.7. The molecule has 0 saturated carbocycles. The minimum atomic E-state index is -1.57. The van der Waals surface area contributed by atoms with Gasteiger partial charge in [-0.2, -0.15) is 0 Å². The Kier molecular flexibility index (Phi) is 64.2. The fourth-order valence-corrected chi connectivity index (χ4v) is 12.4. The third-order valence-corrected chi connectivity index (χ3v) is 18.5. The van der Waals surface area contributed by atoms with Crippen molar-refractivity contribution in [2.24, 2.45) is 0 Å². The molecule has 7 atom stereocenters. The summed E-state index contributed by atoms with van der Waals surface area (Å²) in [7, 11) is 0. The van der Waals surface area contributed by atoms with Crippen LogP contribution in [0.2, 0.25) is 0 Å². The van der Waals surface area contributed by atoms with Crippen LogP contribution in [-0.2, 0) is 23.8 Å². The van der Waals surface area contributed by atoms with Gasteiger partial charge < -0.3 is 45.1 Å². The molecule has 1 amide bonds. The molecule has 524 valence electrons. The lowest BCUT2D eigenvalue weighted by Crippen LogP contribution is -2.60. The van der Waals surface area contributed by atoms with Crippen molar-refractivity contribution in [1.82, 2.24) is 5.32 Å². The summed E-state index contributed by atoms with van der Waals surface area (Å²) >= 11 is 0. The molecule has 1 aliphatic heterocycles. The topological polar surface area (TPSA) is 175 Å². The highest BCUT2D eigenvalue weighted by Crippen LogP contribution is 2.24. The van der Waals surface area contributed by atoms with E-state index in [9.17, 15) is 35.1 Å². The Morgan fingerprint density at radius 3 is 1.13 bits per heavy atom. The second-order valence-electron chi connectivity index (χ2n) is 27.1. The number of ether oxygens (including phenoxy) is 3. The standard InChI is InChI=1S/C78H147NO10/c1-3-5-7-9-11-13-14-15-16-36-40-43-46-50-54-58-62-66-74(83)87-67-63-59-55-51-47-44-41-38-35-33-31-29-27-25-23-21-19-17-18-20-22-24-26-28-30-32-34-37-39-42-45-49-53-57-61-65-73(82)79-70(71(81)64-60-56-52-48-12-10-8-6-4-2)69-88-78-77(86)76(85)75(84)72(68-80)89-78/h19,21,25,27,60,64,70-72,75-78,80-81,84-86H,3-18,20,22-24,26,28-59,61-63,65-69H2,1-2H3,(H,79,82)/b21-19-,27-25-,64-60+. The smallest absolute Gasteiger partial charge is 0.305 e.